The van der Waals surface area contributed by atoms with Crippen molar-refractivity contribution in [1.29, 1.82) is 0 Å². The molecular formula is C20H17FN2O4. The molecule has 138 valence electrons. The number of carbonyl (C=O) groups is 2. The topological polar surface area (TPSA) is 78.3 Å². The molecule has 0 N–H and O–H groups in total. The van der Waals surface area contributed by atoms with E-state index in [2.05, 4.69) is 5.10 Å². The van der Waals surface area contributed by atoms with Gasteiger partial charge in [-0.15, -0.1) is 0 Å². The van der Waals surface area contributed by atoms with Crippen molar-refractivity contribution in [1.82, 2.24) is 9.78 Å². The maximum absolute atomic E-state index is 13.0. The number of rotatable bonds is 6. The van der Waals surface area contributed by atoms with E-state index in [4.69, 9.17) is 4.74 Å². The largest absolute Gasteiger partial charge is 0.466 e. The van der Waals surface area contributed by atoms with Crippen LogP contribution in [0.15, 0.2) is 53.3 Å². The summed E-state index contributed by atoms with van der Waals surface area (Å²) in [5.41, 5.74) is 0.189. The number of esters is 1. The first kappa shape index (κ1) is 18.4. The van der Waals surface area contributed by atoms with Gasteiger partial charge in [0.25, 0.3) is 5.56 Å². The average Bonchev–Trinajstić information content (AvgIpc) is 2.66. The standard InChI is InChI=1S/C20H17FN2O4/c1-2-27-19(25)11-17-15-5-3-4-6-16(15)20(26)23(22-17)12-18(24)13-7-9-14(21)10-8-13/h3-10H,2,11-12H2,1H3. The monoisotopic (exact) mass is 368 g/mol. The van der Waals surface area contributed by atoms with Crippen LogP contribution in [0, 0.1) is 5.82 Å². The number of benzene rings is 2. The summed E-state index contributed by atoms with van der Waals surface area (Å²) < 4.78 is 19.0. The summed E-state index contributed by atoms with van der Waals surface area (Å²) >= 11 is 0. The molecular weight excluding hydrogens is 351 g/mol. The van der Waals surface area contributed by atoms with Crippen LogP contribution in [0.4, 0.5) is 4.39 Å². The van der Waals surface area contributed by atoms with Gasteiger partial charge in [0.15, 0.2) is 5.78 Å². The first-order valence-corrected chi connectivity index (χ1v) is 8.42. The molecule has 0 fully saturated rings. The van der Waals surface area contributed by atoms with Crippen molar-refractivity contribution in [2.45, 2.75) is 19.9 Å². The smallest absolute Gasteiger partial charge is 0.311 e. The Kier molecular flexibility index (Phi) is 5.40. The number of fused-ring (bicyclic) bond motifs is 1. The fourth-order valence-corrected chi connectivity index (χ4v) is 2.75. The summed E-state index contributed by atoms with van der Waals surface area (Å²) in [6, 6.07) is 11.8. The van der Waals surface area contributed by atoms with E-state index in [-0.39, 0.29) is 30.9 Å². The minimum atomic E-state index is -0.467. The van der Waals surface area contributed by atoms with Crippen LogP contribution < -0.4 is 5.56 Å². The SMILES string of the molecule is CCOC(=O)Cc1nn(CC(=O)c2ccc(F)cc2)c(=O)c2ccccc12. The van der Waals surface area contributed by atoms with Gasteiger partial charge in [-0.25, -0.2) is 9.07 Å². The fraction of sp³-hybridized carbons (Fsp3) is 0.200. The van der Waals surface area contributed by atoms with Crippen LogP contribution in [0.25, 0.3) is 10.8 Å². The highest BCUT2D eigenvalue weighted by atomic mass is 19.1. The first-order valence-electron chi connectivity index (χ1n) is 8.42. The molecule has 0 aliphatic carbocycles. The number of hydrogen-bond donors (Lipinski definition) is 0. The zero-order valence-electron chi connectivity index (χ0n) is 14.6. The van der Waals surface area contributed by atoms with Gasteiger partial charge in [-0.2, -0.15) is 5.10 Å². The minimum absolute atomic E-state index is 0.112. The number of ether oxygens (including phenoxy) is 1. The van der Waals surface area contributed by atoms with E-state index in [1.165, 1.54) is 24.3 Å². The van der Waals surface area contributed by atoms with Crippen molar-refractivity contribution in [3.05, 3.63) is 76.0 Å². The molecule has 0 saturated carbocycles. The zero-order chi connectivity index (χ0) is 19.4. The normalized spacial score (nSPS) is 10.7. The Morgan fingerprint density at radius 3 is 2.41 bits per heavy atom. The lowest BCUT2D eigenvalue weighted by atomic mass is 10.1. The van der Waals surface area contributed by atoms with Crippen molar-refractivity contribution in [3.8, 4) is 0 Å². The van der Waals surface area contributed by atoms with Crippen LogP contribution in [0.5, 0.6) is 0 Å². The second-order valence-corrected chi connectivity index (χ2v) is 5.87. The third kappa shape index (κ3) is 4.08. The van der Waals surface area contributed by atoms with Crippen LogP contribution in [0.1, 0.15) is 23.0 Å². The molecule has 0 bridgehead atoms. The van der Waals surface area contributed by atoms with Crippen molar-refractivity contribution < 1.29 is 18.7 Å². The molecule has 3 rings (SSSR count). The van der Waals surface area contributed by atoms with E-state index >= 15 is 0 Å². The number of ketones is 1. The molecule has 0 aliphatic rings. The Morgan fingerprint density at radius 2 is 1.74 bits per heavy atom. The predicted octanol–water partition coefficient (Wildman–Crippen LogP) is 2.52. The van der Waals surface area contributed by atoms with Crippen LogP contribution in [-0.4, -0.2) is 28.1 Å². The lowest BCUT2D eigenvalue weighted by Gasteiger charge is -2.10. The Hall–Kier alpha value is -3.35. The lowest BCUT2D eigenvalue weighted by Crippen LogP contribution is -2.29. The molecule has 6 nitrogen and oxygen atoms in total. The highest BCUT2D eigenvalue weighted by Crippen LogP contribution is 2.14. The molecule has 1 heterocycles. The Labute approximate surface area is 154 Å². The molecule has 3 aromatic rings. The molecule has 0 unspecified atom stereocenters. The highest BCUT2D eigenvalue weighted by molar-refractivity contribution is 5.96. The lowest BCUT2D eigenvalue weighted by molar-refractivity contribution is -0.142. The van der Waals surface area contributed by atoms with Crippen molar-refractivity contribution in [2.75, 3.05) is 6.61 Å². The van der Waals surface area contributed by atoms with Crippen LogP contribution in [0.2, 0.25) is 0 Å². The number of carbonyl (C=O) groups excluding carboxylic acids is 2. The van der Waals surface area contributed by atoms with Gasteiger partial charge in [0, 0.05) is 10.9 Å². The Morgan fingerprint density at radius 1 is 1.07 bits per heavy atom. The summed E-state index contributed by atoms with van der Waals surface area (Å²) in [5, 5.41) is 5.12. The Bertz CT molecular complexity index is 1060. The number of hydrogen-bond acceptors (Lipinski definition) is 5. The molecule has 1 aromatic heterocycles. The quantitative estimate of drug-likeness (QED) is 0.493. The molecule has 0 spiro atoms. The van der Waals surface area contributed by atoms with Gasteiger partial charge in [0.2, 0.25) is 0 Å². The van der Waals surface area contributed by atoms with Crippen LogP contribution in [-0.2, 0) is 22.5 Å². The van der Waals surface area contributed by atoms with E-state index in [1.54, 1.807) is 31.2 Å². The molecule has 0 amide bonds. The van der Waals surface area contributed by atoms with Crippen LogP contribution in [0.3, 0.4) is 0 Å². The third-order valence-electron chi connectivity index (χ3n) is 4.02. The van der Waals surface area contributed by atoms with Gasteiger partial charge in [-0.1, -0.05) is 18.2 Å². The molecule has 0 aliphatic heterocycles. The predicted molar refractivity (Wildman–Crippen MR) is 97.1 cm³/mol. The summed E-state index contributed by atoms with van der Waals surface area (Å²) in [6.07, 6.45) is -0.112. The number of nitrogens with zero attached hydrogens (tertiary/aromatic N) is 2. The molecule has 27 heavy (non-hydrogen) atoms. The molecule has 7 heteroatoms. The van der Waals surface area contributed by atoms with Crippen LogP contribution >= 0.6 is 0 Å². The van der Waals surface area contributed by atoms with Crippen molar-refractivity contribution in [2.24, 2.45) is 0 Å². The molecule has 0 saturated heterocycles. The second-order valence-electron chi connectivity index (χ2n) is 5.87. The van der Waals surface area contributed by atoms with Gasteiger partial charge in [0.05, 0.1) is 24.1 Å². The summed E-state index contributed by atoms with van der Waals surface area (Å²) in [7, 11) is 0. The number of aromatic nitrogens is 2. The molecule has 2 aromatic carbocycles. The molecule has 0 radical (unpaired) electrons. The van der Waals surface area contributed by atoms with E-state index in [9.17, 15) is 18.8 Å². The highest BCUT2D eigenvalue weighted by Gasteiger charge is 2.16. The fourth-order valence-electron chi connectivity index (χ4n) is 2.75. The van der Waals surface area contributed by atoms with Crippen molar-refractivity contribution >= 4 is 22.5 Å². The van der Waals surface area contributed by atoms with E-state index < -0.39 is 17.3 Å². The first-order chi connectivity index (χ1) is 13.0. The van der Waals surface area contributed by atoms with Gasteiger partial charge in [-0.3, -0.25) is 14.4 Å². The molecule has 0 atom stereocenters. The van der Waals surface area contributed by atoms with E-state index in [1.807, 2.05) is 0 Å². The van der Waals surface area contributed by atoms with Gasteiger partial charge < -0.3 is 4.74 Å². The maximum atomic E-state index is 13.0. The Balaban J connectivity index is 2.00. The number of halogens is 1. The third-order valence-corrected chi connectivity index (χ3v) is 4.02. The van der Waals surface area contributed by atoms with Gasteiger partial charge in [-0.05, 0) is 37.3 Å². The van der Waals surface area contributed by atoms with Gasteiger partial charge in [0.1, 0.15) is 12.4 Å². The van der Waals surface area contributed by atoms with E-state index in [0.717, 1.165) is 4.68 Å². The second kappa shape index (κ2) is 7.90. The summed E-state index contributed by atoms with van der Waals surface area (Å²) in [4.78, 5) is 37.0. The summed E-state index contributed by atoms with van der Waals surface area (Å²) in [5.74, 6) is -1.31. The van der Waals surface area contributed by atoms with E-state index in [0.29, 0.717) is 16.5 Å². The maximum Gasteiger partial charge on any atom is 0.311 e. The van der Waals surface area contributed by atoms with Crippen molar-refractivity contribution in [3.63, 3.8) is 0 Å². The summed E-state index contributed by atoms with van der Waals surface area (Å²) in [6.45, 7) is 1.62. The number of Topliss-reactive ketones (excluding diaryl/α,β-unsaturated/α-hetero) is 1. The minimum Gasteiger partial charge on any atom is -0.466 e. The average molecular weight is 368 g/mol. The van der Waals surface area contributed by atoms with Gasteiger partial charge >= 0.3 is 5.97 Å². The zero-order valence-corrected chi connectivity index (χ0v) is 14.6.